The van der Waals surface area contributed by atoms with E-state index in [2.05, 4.69) is 10.0 Å². The number of anilines is 1. The normalized spacial score (nSPS) is 13.4. The van der Waals surface area contributed by atoms with Gasteiger partial charge in [0.2, 0.25) is 10.0 Å². The lowest BCUT2D eigenvalue weighted by molar-refractivity contribution is 0.556. The molecule has 0 saturated heterocycles. The Balaban J connectivity index is 2.94. The molecule has 96 valence electrons. The second-order valence-corrected chi connectivity index (χ2v) is 5.70. The van der Waals surface area contributed by atoms with E-state index < -0.39 is 10.0 Å². The first-order valence-corrected chi connectivity index (χ1v) is 7.34. The van der Waals surface area contributed by atoms with Crippen molar-refractivity contribution in [2.45, 2.75) is 38.1 Å². The van der Waals surface area contributed by atoms with Crippen molar-refractivity contribution in [3.63, 3.8) is 0 Å². The molecule has 0 radical (unpaired) electrons. The van der Waals surface area contributed by atoms with E-state index >= 15 is 0 Å². The fourth-order valence-corrected chi connectivity index (χ4v) is 2.77. The van der Waals surface area contributed by atoms with Crippen molar-refractivity contribution < 1.29 is 8.42 Å². The Hall–Kier alpha value is -1.07. The van der Waals surface area contributed by atoms with Crippen molar-refractivity contribution in [2.75, 3.05) is 11.9 Å². The van der Waals surface area contributed by atoms with E-state index in [0.29, 0.717) is 4.90 Å². The Morgan fingerprint density at radius 1 is 1.29 bits per heavy atom. The zero-order chi connectivity index (χ0) is 12.9. The van der Waals surface area contributed by atoms with Crippen LogP contribution in [0.5, 0.6) is 0 Å². The van der Waals surface area contributed by atoms with E-state index in [1.54, 1.807) is 18.2 Å². The van der Waals surface area contributed by atoms with Crippen LogP contribution < -0.4 is 10.0 Å². The van der Waals surface area contributed by atoms with Gasteiger partial charge in [0, 0.05) is 18.3 Å². The third-order valence-corrected chi connectivity index (χ3v) is 4.08. The molecule has 1 aromatic rings. The minimum absolute atomic E-state index is 0.0530. The molecule has 0 fully saturated rings. The average Bonchev–Trinajstić information content (AvgIpc) is 2.29. The highest BCUT2D eigenvalue weighted by Crippen LogP contribution is 2.15. The van der Waals surface area contributed by atoms with Gasteiger partial charge in [-0.1, -0.05) is 13.0 Å². The molecule has 1 aromatic carbocycles. The molecular formula is C12H20N2O2S. The minimum Gasteiger partial charge on any atom is -0.385 e. The van der Waals surface area contributed by atoms with Crippen LogP contribution in [0.25, 0.3) is 0 Å². The molecule has 0 saturated carbocycles. The van der Waals surface area contributed by atoms with Crippen LogP contribution in [-0.4, -0.2) is 21.0 Å². The van der Waals surface area contributed by atoms with E-state index in [9.17, 15) is 8.42 Å². The summed E-state index contributed by atoms with van der Waals surface area (Å²) in [5.41, 5.74) is 0.819. The molecule has 0 amide bonds. The van der Waals surface area contributed by atoms with Gasteiger partial charge >= 0.3 is 0 Å². The predicted molar refractivity (Wildman–Crippen MR) is 70.7 cm³/mol. The number of hydrogen-bond donors (Lipinski definition) is 2. The highest BCUT2D eigenvalue weighted by atomic mass is 32.2. The Labute approximate surface area is 103 Å². The first-order valence-electron chi connectivity index (χ1n) is 5.85. The van der Waals surface area contributed by atoms with Crippen molar-refractivity contribution in [1.29, 1.82) is 0 Å². The number of rotatable bonds is 6. The first kappa shape index (κ1) is 14.0. The average molecular weight is 256 g/mol. The van der Waals surface area contributed by atoms with Gasteiger partial charge in [0.05, 0.1) is 4.90 Å². The first-order chi connectivity index (χ1) is 7.99. The van der Waals surface area contributed by atoms with E-state index in [1.165, 1.54) is 0 Å². The topological polar surface area (TPSA) is 58.2 Å². The van der Waals surface area contributed by atoms with Crippen LogP contribution in [0.15, 0.2) is 29.2 Å². The van der Waals surface area contributed by atoms with Crippen molar-refractivity contribution in [2.24, 2.45) is 0 Å². The Morgan fingerprint density at radius 2 is 2.00 bits per heavy atom. The summed E-state index contributed by atoms with van der Waals surface area (Å²) >= 11 is 0. The maximum Gasteiger partial charge on any atom is 0.240 e. The second-order valence-electron chi connectivity index (χ2n) is 3.99. The quantitative estimate of drug-likeness (QED) is 0.820. The fraction of sp³-hybridized carbons (Fsp3) is 0.500. The number of sulfonamides is 1. The lowest BCUT2D eigenvalue weighted by Crippen LogP contribution is -2.32. The SMILES string of the molecule is CCNc1cccc(S(=O)(=O)NC(C)CC)c1. The molecule has 0 heterocycles. The molecule has 0 aliphatic heterocycles. The van der Waals surface area contributed by atoms with Crippen LogP contribution in [0.3, 0.4) is 0 Å². The summed E-state index contributed by atoms with van der Waals surface area (Å²) in [5.74, 6) is 0. The summed E-state index contributed by atoms with van der Waals surface area (Å²) < 4.78 is 26.7. The Bertz CT molecular complexity index is 457. The summed E-state index contributed by atoms with van der Waals surface area (Å²) in [5, 5.41) is 3.10. The summed E-state index contributed by atoms with van der Waals surface area (Å²) in [6.45, 7) is 6.54. The lowest BCUT2D eigenvalue weighted by atomic mass is 10.3. The van der Waals surface area contributed by atoms with Gasteiger partial charge in [-0.2, -0.15) is 0 Å². The third-order valence-electron chi connectivity index (χ3n) is 2.49. The van der Waals surface area contributed by atoms with Crippen LogP contribution in [-0.2, 0) is 10.0 Å². The maximum absolute atomic E-state index is 12.0. The molecule has 4 nitrogen and oxygen atoms in total. The lowest BCUT2D eigenvalue weighted by Gasteiger charge is -2.13. The Kier molecular flexibility index (Phi) is 4.96. The van der Waals surface area contributed by atoms with Crippen molar-refractivity contribution in [3.05, 3.63) is 24.3 Å². The monoisotopic (exact) mass is 256 g/mol. The molecule has 0 aliphatic rings. The summed E-state index contributed by atoms with van der Waals surface area (Å²) in [4.78, 5) is 0.302. The maximum atomic E-state index is 12.0. The van der Waals surface area contributed by atoms with Crippen molar-refractivity contribution in [1.82, 2.24) is 4.72 Å². The molecule has 0 spiro atoms. The minimum atomic E-state index is -3.40. The van der Waals surface area contributed by atoms with Crippen LogP contribution in [0, 0.1) is 0 Å². The molecule has 0 aliphatic carbocycles. The zero-order valence-electron chi connectivity index (χ0n) is 10.5. The zero-order valence-corrected chi connectivity index (χ0v) is 11.3. The van der Waals surface area contributed by atoms with Gasteiger partial charge in [0.25, 0.3) is 0 Å². The number of nitrogens with one attached hydrogen (secondary N) is 2. The summed E-state index contributed by atoms with van der Waals surface area (Å²) in [6, 6.07) is 6.79. The summed E-state index contributed by atoms with van der Waals surface area (Å²) in [6.07, 6.45) is 0.770. The molecule has 17 heavy (non-hydrogen) atoms. The van der Waals surface area contributed by atoms with Gasteiger partial charge in [0.15, 0.2) is 0 Å². The Morgan fingerprint density at radius 3 is 2.59 bits per heavy atom. The third kappa shape index (κ3) is 4.02. The molecule has 2 N–H and O–H groups in total. The molecule has 0 bridgehead atoms. The second kappa shape index (κ2) is 6.02. The van der Waals surface area contributed by atoms with E-state index in [-0.39, 0.29) is 6.04 Å². The number of hydrogen-bond acceptors (Lipinski definition) is 3. The molecular weight excluding hydrogens is 236 g/mol. The van der Waals surface area contributed by atoms with Gasteiger partial charge in [0.1, 0.15) is 0 Å². The molecule has 1 rings (SSSR count). The highest BCUT2D eigenvalue weighted by Gasteiger charge is 2.16. The van der Waals surface area contributed by atoms with E-state index in [4.69, 9.17) is 0 Å². The molecule has 1 atom stereocenters. The molecule has 1 unspecified atom stereocenters. The van der Waals surface area contributed by atoms with Crippen LogP contribution >= 0.6 is 0 Å². The van der Waals surface area contributed by atoms with Crippen molar-refractivity contribution >= 4 is 15.7 Å². The van der Waals surface area contributed by atoms with Gasteiger partial charge in [-0.3, -0.25) is 0 Å². The van der Waals surface area contributed by atoms with Crippen LogP contribution in [0.1, 0.15) is 27.2 Å². The van der Waals surface area contributed by atoms with Crippen LogP contribution in [0.4, 0.5) is 5.69 Å². The molecule has 0 aromatic heterocycles. The largest absolute Gasteiger partial charge is 0.385 e. The van der Waals surface area contributed by atoms with Gasteiger partial charge in [-0.15, -0.1) is 0 Å². The van der Waals surface area contributed by atoms with Crippen molar-refractivity contribution in [3.8, 4) is 0 Å². The predicted octanol–water partition coefficient (Wildman–Crippen LogP) is 2.20. The van der Waals surface area contributed by atoms with Gasteiger partial charge in [-0.05, 0) is 38.5 Å². The smallest absolute Gasteiger partial charge is 0.240 e. The fourth-order valence-electron chi connectivity index (χ4n) is 1.39. The van der Waals surface area contributed by atoms with E-state index in [0.717, 1.165) is 18.7 Å². The van der Waals surface area contributed by atoms with E-state index in [1.807, 2.05) is 26.8 Å². The number of benzene rings is 1. The van der Waals surface area contributed by atoms with Gasteiger partial charge < -0.3 is 5.32 Å². The summed E-state index contributed by atoms with van der Waals surface area (Å²) in [7, 11) is -3.40. The van der Waals surface area contributed by atoms with Crippen LogP contribution in [0.2, 0.25) is 0 Å². The van der Waals surface area contributed by atoms with Gasteiger partial charge in [-0.25, -0.2) is 13.1 Å². The standard InChI is InChI=1S/C12H20N2O2S/c1-4-10(3)14-17(15,16)12-8-6-7-11(9-12)13-5-2/h6-10,13-14H,4-5H2,1-3H3. The molecule has 5 heteroatoms. The highest BCUT2D eigenvalue weighted by molar-refractivity contribution is 7.89.